The van der Waals surface area contributed by atoms with Gasteiger partial charge in [0, 0.05) is 17.8 Å². The molecule has 0 saturated heterocycles. The van der Waals surface area contributed by atoms with Crippen molar-refractivity contribution in [2.45, 2.75) is 13.8 Å². The molecule has 0 fully saturated rings. The molecule has 0 saturated carbocycles. The third kappa shape index (κ3) is 1.39. The van der Waals surface area contributed by atoms with Crippen LogP contribution in [0.1, 0.15) is 33.3 Å². The Morgan fingerprint density at radius 1 is 1.31 bits per heavy atom. The second-order valence-corrected chi connectivity index (χ2v) is 3.73. The van der Waals surface area contributed by atoms with Crippen LogP contribution in [0, 0.1) is 6.92 Å². The number of benzene rings is 1. The summed E-state index contributed by atoms with van der Waals surface area (Å²) in [6, 6.07) is 5.35. The predicted molar refractivity (Wildman–Crippen MR) is 60.0 cm³/mol. The first-order valence-electron chi connectivity index (χ1n) is 4.88. The Bertz CT molecular complexity index is 596. The number of aromatic carboxylic acids is 1. The number of aromatic amines is 1. The summed E-state index contributed by atoms with van der Waals surface area (Å²) in [5.41, 5.74) is 1.86. The van der Waals surface area contributed by atoms with Crippen molar-refractivity contribution in [2.24, 2.45) is 0 Å². The normalized spacial score (nSPS) is 10.6. The fourth-order valence-electron chi connectivity index (χ4n) is 1.85. The van der Waals surface area contributed by atoms with Gasteiger partial charge in [-0.25, -0.2) is 4.79 Å². The van der Waals surface area contributed by atoms with E-state index in [1.54, 1.807) is 12.1 Å². The van der Waals surface area contributed by atoms with Gasteiger partial charge >= 0.3 is 5.97 Å². The van der Waals surface area contributed by atoms with Gasteiger partial charge < -0.3 is 10.1 Å². The Kier molecular flexibility index (Phi) is 2.27. The molecule has 1 heterocycles. The molecule has 1 aromatic heterocycles. The molecule has 0 unspecified atom stereocenters. The average Bonchev–Trinajstić information content (AvgIpc) is 2.58. The molecule has 2 aromatic rings. The molecule has 82 valence electrons. The summed E-state index contributed by atoms with van der Waals surface area (Å²) in [4.78, 5) is 25.4. The summed E-state index contributed by atoms with van der Waals surface area (Å²) in [5, 5.41) is 9.70. The van der Waals surface area contributed by atoms with Crippen LogP contribution in [0.15, 0.2) is 18.2 Å². The number of para-hydroxylation sites is 1. The van der Waals surface area contributed by atoms with Crippen molar-refractivity contribution in [2.75, 3.05) is 0 Å². The first kappa shape index (κ1) is 10.4. The third-order valence-corrected chi connectivity index (χ3v) is 2.61. The highest BCUT2D eigenvalue weighted by atomic mass is 16.4. The third-order valence-electron chi connectivity index (χ3n) is 2.61. The number of carbonyl (C=O) groups excluding carboxylic acids is 1. The lowest BCUT2D eigenvalue weighted by atomic mass is 10.1. The van der Waals surface area contributed by atoms with E-state index in [4.69, 9.17) is 5.11 Å². The zero-order valence-electron chi connectivity index (χ0n) is 9.00. The molecule has 0 atom stereocenters. The van der Waals surface area contributed by atoms with E-state index in [-0.39, 0.29) is 17.0 Å². The molecular weight excluding hydrogens is 206 g/mol. The lowest BCUT2D eigenvalue weighted by Crippen LogP contribution is -2.04. The van der Waals surface area contributed by atoms with E-state index in [9.17, 15) is 9.59 Å². The number of H-pyrrole nitrogens is 1. The summed E-state index contributed by atoms with van der Waals surface area (Å²) in [5.74, 6) is -1.35. The number of Topliss-reactive ketones (excluding diaryl/α,β-unsaturated/α-hetero) is 1. The molecule has 2 rings (SSSR count). The van der Waals surface area contributed by atoms with Gasteiger partial charge in [0.05, 0.1) is 11.3 Å². The van der Waals surface area contributed by atoms with Gasteiger partial charge in [-0.15, -0.1) is 0 Å². The van der Waals surface area contributed by atoms with Crippen molar-refractivity contribution >= 4 is 22.7 Å². The molecular formula is C12H11NO3. The van der Waals surface area contributed by atoms with Crippen LogP contribution in [0.5, 0.6) is 0 Å². The molecule has 16 heavy (non-hydrogen) atoms. The quantitative estimate of drug-likeness (QED) is 0.758. The van der Waals surface area contributed by atoms with Crippen LogP contribution in [-0.4, -0.2) is 21.8 Å². The van der Waals surface area contributed by atoms with Gasteiger partial charge in [0.1, 0.15) is 0 Å². The number of aromatic nitrogens is 1. The minimum atomic E-state index is -1.08. The van der Waals surface area contributed by atoms with E-state index >= 15 is 0 Å². The standard InChI is InChI=1S/C12H11NO3/c1-6-4-3-5-8-9(12(15)16)11(7(2)14)13-10(6)8/h3-5,13H,1-2H3,(H,15,16). The number of hydrogen-bond acceptors (Lipinski definition) is 2. The van der Waals surface area contributed by atoms with Gasteiger partial charge in [-0.1, -0.05) is 18.2 Å². The maximum absolute atomic E-state index is 11.4. The number of hydrogen-bond donors (Lipinski definition) is 2. The molecule has 0 amide bonds. The van der Waals surface area contributed by atoms with Crippen LogP contribution in [0.2, 0.25) is 0 Å². The van der Waals surface area contributed by atoms with Gasteiger partial charge in [-0.3, -0.25) is 4.79 Å². The van der Waals surface area contributed by atoms with E-state index in [1.807, 2.05) is 13.0 Å². The van der Waals surface area contributed by atoms with Crippen LogP contribution in [0.25, 0.3) is 10.9 Å². The number of fused-ring (bicyclic) bond motifs is 1. The number of rotatable bonds is 2. The predicted octanol–water partition coefficient (Wildman–Crippen LogP) is 2.38. The van der Waals surface area contributed by atoms with Gasteiger partial charge in [-0.05, 0) is 12.5 Å². The van der Waals surface area contributed by atoms with Crippen LogP contribution in [0.3, 0.4) is 0 Å². The minimum Gasteiger partial charge on any atom is -0.478 e. The van der Waals surface area contributed by atoms with Crippen LogP contribution in [-0.2, 0) is 0 Å². The smallest absolute Gasteiger partial charge is 0.338 e. The number of aryl methyl sites for hydroxylation is 1. The topological polar surface area (TPSA) is 70.2 Å². The Labute approximate surface area is 91.9 Å². The zero-order chi connectivity index (χ0) is 11.9. The van der Waals surface area contributed by atoms with Gasteiger partial charge in [-0.2, -0.15) is 0 Å². The summed E-state index contributed by atoms with van der Waals surface area (Å²) in [6.45, 7) is 3.22. The fourth-order valence-corrected chi connectivity index (χ4v) is 1.85. The highest BCUT2D eigenvalue weighted by Gasteiger charge is 2.20. The van der Waals surface area contributed by atoms with Crippen molar-refractivity contribution < 1.29 is 14.7 Å². The molecule has 0 aliphatic heterocycles. The summed E-state index contributed by atoms with van der Waals surface area (Å²) < 4.78 is 0. The lowest BCUT2D eigenvalue weighted by Gasteiger charge is -1.95. The molecule has 0 aliphatic carbocycles. The van der Waals surface area contributed by atoms with Crippen molar-refractivity contribution in [3.63, 3.8) is 0 Å². The first-order valence-corrected chi connectivity index (χ1v) is 4.88. The molecule has 2 N–H and O–H groups in total. The molecule has 1 aromatic carbocycles. The largest absolute Gasteiger partial charge is 0.478 e. The molecule has 0 radical (unpaired) electrons. The lowest BCUT2D eigenvalue weighted by molar-refractivity contribution is 0.0694. The average molecular weight is 217 g/mol. The SMILES string of the molecule is CC(=O)c1[nH]c2c(C)cccc2c1C(=O)O. The first-order chi connectivity index (χ1) is 7.52. The fraction of sp³-hybridized carbons (Fsp3) is 0.167. The maximum atomic E-state index is 11.4. The molecule has 0 bridgehead atoms. The number of carbonyl (C=O) groups is 2. The Morgan fingerprint density at radius 3 is 2.56 bits per heavy atom. The molecule has 0 aliphatic rings. The van der Waals surface area contributed by atoms with Gasteiger partial charge in [0.25, 0.3) is 0 Å². The van der Waals surface area contributed by atoms with E-state index in [0.717, 1.165) is 5.56 Å². The highest BCUT2D eigenvalue weighted by Crippen LogP contribution is 2.25. The highest BCUT2D eigenvalue weighted by molar-refractivity contribution is 6.13. The van der Waals surface area contributed by atoms with E-state index < -0.39 is 5.97 Å². The number of carboxylic acids is 1. The summed E-state index contributed by atoms with van der Waals surface area (Å²) >= 11 is 0. The second-order valence-electron chi connectivity index (χ2n) is 3.73. The van der Waals surface area contributed by atoms with Crippen LogP contribution in [0.4, 0.5) is 0 Å². The summed E-state index contributed by atoms with van der Waals surface area (Å²) in [7, 11) is 0. The Balaban J connectivity index is 2.92. The van der Waals surface area contributed by atoms with Gasteiger partial charge in [0.15, 0.2) is 5.78 Å². The number of nitrogens with one attached hydrogen (secondary N) is 1. The second kappa shape index (κ2) is 3.48. The van der Waals surface area contributed by atoms with Crippen molar-refractivity contribution in [3.8, 4) is 0 Å². The van der Waals surface area contributed by atoms with E-state index in [0.29, 0.717) is 10.9 Å². The maximum Gasteiger partial charge on any atom is 0.338 e. The zero-order valence-corrected chi connectivity index (χ0v) is 9.00. The van der Waals surface area contributed by atoms with E-state index in [1.165, 1.54) is 6.92 Å². The monoisotopic (exact) mass is 217 g/mol. The molecule has 4 heteroatoms. The van der Waals surface area contributed by atoms with E-state index in [2.05, 4.69) is 4.98 Å². The number of ketones is 1. The van der Waals surface area contributed by atoms with Crippen molar-refractivity contribution in [1.82, 2.24) is 4.98 Å². The van der Waals surface area contributed by atoms with Gasteiger partial charge in [0.2, 0.25) is 0 Å². The van der Waals surface area contributed by atoms with Crippen molar-refractivity contribution in [3.05, 3.63) is 35.0 Å². The summed E-state index contributed by atoms with van der Waals surface area (Å²) in [6.07, 6.45) is 0. The van der Waals surface area contributed by atoms with Crippen LogP contribution >= 0.6 is 0 Å². The Hall–Kier alpha value is -2.10. The van der Waals surface area contributed by atoms with Crippen molar-refractivity contribution in [1.29, 1.82) is 0 Å². The molecule has 4 nitrogen and oxygen atoms in total. The van der Waals surface area contributed by atoms with Crippen LogP contribution < -0.4 is 0 Å². The Morgan fingerprint density at radius 2 is 2.00 bits per heavy atom. The molecule has 0 spiro atoms. The minimum absolute atomic E-state index is 0.0613. The number of carboxylic acid groups (broad SMARTS) is 1.